The van der Waals surface area contributed by atoms with Crippen molar-refractivity contribution < 1.29 is 14.3 Å². The molecule has 0 amide bonds. The SMILES string of the molecule is CC(=O)OCC(=O)C1c2ccccc2-c2ccccc21. The Morgan fingerprint density at radius 2 is 1.45 bits per heavy atom. The normalized spacial score (nSPS) is 12.7. The van der Waals surface area contributed by atoms with Crippen LogP contribution in [-0.4, -0.2) is 18.4 Å². The van der Waals surface area contributed by atoms with Crippen LogP contribution in [0.5, 0.6) is 0 Å². The number of Topliss-reactive ketones (excluding diaryl/α,β-unsaturated/α-hetero) is 1. The smallest absolute Gasteiger partial charge is 0.303 e. The van der Waals surface area contributed by atoms with E-state index >= 15 is 0 Å². The van der Waals surface area contributed by atoms with Crippen molar-refractivity contribution in [1.82, 2.24) is 0 Å². The Bertz CT molecular complexity index is 643. The van der Waals surface area contributed by atoms with Crippen molar-refractivity contribution in [1.29, 1.82) is 0 Å². The fraction of sp³-hybridized carbons (Fsp3) is 0.176. The molecule has 1 aliphatic carbocycles. The molecule has 0 saturated carbocycles. The summed E-state index contributed by atoms with van der Waals surface area (Å²) in [6.07, 6.45) is 0. The van der Waals surface area contributed by atoms with E-state index in [1.165, 1.54) is 6.92 Å². The number of fused-ring (bicyclic) bond motifs is 3. The first-order chi connectivity index (χ1) is 9.68. The average molecular weight is 266 g/mol. The van der Waals surface area contributed by atoms with E-state index in [-0.39, 0.29) is 18.3 Å². The second kappa shape index (κ2) is 4.93. The van der Waals surface area contributed by atoms with Crippen LogP contribution in [0.3, 0.4) is 0 Å². The predicted molar refractivity (Wildman–Crippen MR) is 75.4 cm³/mol. The summed E-state index contributed by atoms with van der Waals surface area (Å²) in [5, 5.41) is 0. The molecule has 0 aromatic heterocycles. The maximum Gasteiger partial charge on any atom is 0.303 e. The lowest BCUT2D eigenvalue weighted by Crippen LogP contribution is -2.19. The van der Waals surface area contributed by atoms with E-state index in [1.807, 2.05) is 48.5 Å². The monoisotopic (exact) mass is 266 g/mol. The van der Waals surface area contributed by atoms with E-state index in [0.717, 1.165) is 22.3 Å². The number of carbonyl (C=O) groups excluding carboxylic acids is 2. The van der Waals surface area contributed by atoms with Gasteiger partial charge in [0.25, 0.3) is 0 Å². The highest BCUT2D eigenvalue weighted by atomic mass is 16.5. The molecular weight excluding hydrogens is 252 g/mol. The summed E-state index contributed by atoms with van der Waals surface area (Å²) in [7, 11) is 0. The van der Waals surface area contributed by atoms with Gasteiger partial charge < -0.3 is 4.74 Å². The van der Waals surface area contributed by atoms with E-state index in [0.29, 0.717) is 0 Å². The molecule has 0 aliphatic heterocycles. The van der Waals surface area contributed by atoms with Crippen LogP contribution in [0.25, 0.3) is 11.1 Å². The lowest BCUT2D eigenvalue weighted by molar-refractivity contribution is -0.145. The van der Waals surface area contributed by atoms with Gasteiger partial charge >= 0.3 is 5.97 Å². The molecule has 0 fully saturated rings. The van der Waals surface area contributed by atoms with E-state index in [1.54, 1.807) is 0 Å². The molecule has 0 atom stereocenters. The van der Waals surface area contributed by atoms with Gasteiger partial charge in [0, 0.05) is 6.92 Å². The fourth-order valence-corrected chi connectivity index (χ4v) is 2.76. The molecule has 3 nitrogen and oxygen atoms in total. The highest BCUT2D eigenvalue weighted by Crippen LogP contribution is 2.44. The molecule has 0 heterocycles. The molecule has 2 aromatic carbocycles. The lowest BCUT2D eigenvalue weighted by Gasteiger charge is -2.12. The molecule has 1 aliphatic rings. The van der Waals surface area contributed by atoms with Crippen LogP contribution in [0.4, 0.5) is 0 Å². The van der Waals surface area contributed by atoms with Gasteiger partial charge in [-0.25, -0.2) is 0 Å². The molecule has 20 heavy (non-hydrogen) atoms. The maximum atomic E-state index is 12.4. The van der Waals surface area contributed by atoms with Crippen LogP contribution < -0.4 is 0 Å². The molecule has 2 aromatic rings. The Hall–Kier alpha value is -2.42. The van der Waals surface area contributed by atoms with Crippen LogP contribution in [0, 0.1) is 0 Å². The van der Waals surface area contributed by atoms with Crippen LogP contribution in [-0.2, 0) is 14.3 Å². The van der Waals surface area contributed by atoms with Gasteiger partial charge in [-0.1, -0.05) is 48.5 Å². The van der Waals surface area contributed by atoms with Gasteiger partial charge in [-0.2, -0.15) is 0 Å². The molecule has 0 unspecified atom stereocenters. The molecule has 0 saturated heterocycles. The number of ketones is 1. The summed E-state index contributed by atoms with van der Waals surface area (Å²) in [5.74, 6) is -0.850. The largest absolute Gasteiger partial charge is 0.458 e. The Morgan fingerprint density at radius 1 is 0.950 bits per heavy atom. The van der Waals surface area contributed by atoms with Crippen LogP contribution in [0.15, 0.2) is 48.5 Å². The topological polar surface area (TPSA) is 43.4 Å². The summed E-state index contributed by atoms with van der Waals surface area (Å²) < 4.78 is 4.86. The van der Waals surface area contributed by atoms with Crippen LogP contribution >= 0.6 is 0 Å². The van der Waals surface area contributed by atoms with Crippen molar-refractivity contribution in [3.05, 3.63) is 59.7 Å². The number of hydrogen-bond acceptors (Lipinski definition) is 3. The standard InChI is InChI=1S/C17H14O3/c1-11(18)20-10-16(19)17-14-8-4-2-6-12(14)13-7-3-5-9-15(13)17/h2-9,17H,10H2,1H3. The van der Waals surface area contributed by atoms with Crippen molar-refractivity contribution >= 4 is 11.8 Å². The van der Waals surface area contributed by atoms with Crippen molar-refractivity contribution in [2.24, 2.45) is 0 Å². The van der Waals surface area contributed by atoms with Crippen LogP contribution in [0.2, 0.25) is 0 Å². The minimum Gasteiger partial charge on any atom is -0.458 e. The Morgan fingerprint density at radius 3 is 1.95 bits per heavy atom. The first-order valence-electron chi connectivity index (χ1n) is 6.53. The first-order valence-corrected chi connectivity index (χ1v) is 6.53. The highest BCUT2D eigenvalue weighted by molar-refractivity contribution is 5.98. The highest BCUT2D eigenvalue weighted by Gasteiger charge is 2.33. The number of carbonyl (C=O) groups is 2. The fourth-order valence-electron chi connectivity index (χ4n) is 2.76. The van der Waals surface area contributed by atoms with Gasteiger partial charge in [0.2, 0.25) is 0 Å². The zero-order valence-electron chi connectivity index (χ0n) is 11.1. The molecule has 3 heteroatoms. The van der Waals surface area contributed by atoms with E-state index in [4.69, 9.17) is 4.74 Å². The van der Waals surface area contributed by atoms with Crippen LogP contribution in [0.1, 0.15) is 24.0 Å². The summed E-state index contributed by atoms with van der Waals surface area (Å²) in [6.45, 7) is 1.13. The number of benzene rings is 2. The van der Waals surface area contributed by atoms with Gasteiger partial charge in [-0.3, -0.25) is 9.59 Å². The second-order valence-electron chi connectivity index (χ2n) is 4.85. The number of ether oxygens (including phenoxy) is 1. The zero-order valence-corrected chi connectivity index (χ0v) is 11.1. The Kier molecular flexibility index (Phi) is 3.11. The summed E-state index contributed by atoms with van der Waals surface area (Å²) in [6, 6.07) is 15.8. The minimum atomic E-state index is -0.432. The molecule has 0 bridgehead atoms. The minimum absolute atomic E-state index is 0.0856. The Balaban J connectivity index is 2.03. The molecule has 0 N–H and O–H groups in total. The Labute approximate surface area is 117 Å². The summed E-state index contributed by atoms with van der Waals surface area (Å²) in [4.78, 5) is 23.3. The average Bonchev–Trinajstić information content (AvgIpc) is 2.79. The molecule has 0 radical (unpaired) electrons. The van der Waals surface area contributed by atoms with Crippen molar-refractivity contribution in [2.75, 3.05) is 6.61 Å². The lowest BCUT2D eigenvalue weighted by atomic mass is 9.93. The van der Waals surface area contributed by atoms with Gasteiger partial charge in [0.05, 0.1) is 5.92 Å². The van der Waals surface area contributed by atoms with Crippen molar-refractivity contribution in [3.63, 3.8) is 0 Å². The quantitative estimate of drug-likeness (QED) is 0.802. The summed E-state index contributed by atoms with van der Waals surface area (Å²) >= 11 is 0. The van der Waals surface area contributed by atoms with E-state index < -0.39 is 5.97 Å². The van der Waals surface area contributed by atoms with Gasteiger partial charge in [-0.15, -0.1) is 0 Å². The number of hydrogen-bond donors (Lipinski definition) is 0. The number of rotatable bonds is 3. The van der Waals surface area contributed by atoms with Crippen molar-refractivity contribution in [3.8, 4) is 11.1 Å². The zero-order chi connectivity index (χ0) is 14.1. The maximum absolute atomic E-state index is 12.4. The molecule has 0 spiro atoms. The van der Waals surface area contributed by atoms with E-state index in [9.17, 15) is 9.59 Å². The third kappa shape index (κ3) is 2.01. The second-order valence-corrected chi connectivity index (χ2v) is 4.85. The molecule has 100 valence electrons. The number of esters is 1. The van der Waals surface area contributed by atoms with Gasteiger partial charge in [0.1, 0.15) is 0 Å². The third-order valence-electron chi connectivity index (χ3n) is 3.57. The third-order valence-corrected chi connectivity index (χ3v) is 3.57. The molecular formula is C17H14O3. The van der Waals surface area contributed by atoms with Gasteiger partial charge in [0.15, 0.2) is 12.4 Å². The van der Waals surface area contributed by atoms with Gasteiger partial charge in [-0.05, 0) is 22.3 Å². The summed E-state index contributed by atoms with van der Waals surface area (Å²) in [5.41, 5.74) is 4.16. The predicted octanol–water partition coefficient (Wildman–Crippen LogP) is 2.93. The molecule has 3 rings (SSSR count). The van der Waals surface area contributed by atoms with Crippen molar-refractivity contribution in [2.45, 2.75) is 12.8 Å². The first kappa shape index (κ1) is 12.6. The van der Waals surface area contributed by atoms with E-state index in [2.05, 4.69) is 0 Å².